The summed E-state index contributed by atoms with van der Waals surface area (Å²) in [5.74, 6) is 0. The second-order valence-electron chi connectivity index (χ2n) is 4.78. The van der Waals surface area contributed by atoms with E-state index in [4.69, 9.17) is 0 Å². The topological polar surface area (TPSA) is 17.1 Å². The van der Waals surface area contributed by atoms with Gasteiger partial charge in [0.05, 0.1) is 5.41 Å². The molecular formula is C15H14O. The maximum atomic E-state index is 11.1. The Hall–Kier alpha value is -1.63. The third kappa shape index (κ3) is 1.28. The van der Waals surface area contributed by atoms with E-state index in [1.807, 2.05) is 0 Å². The number of aryl methyl sites for hydroxylation is 1. The van der Waals surface area contributed by atoms with E-state index >= 15 is 0 Å². The molecule has 2 aromatic rings. The summed E-state index contributed by atoms with van der Waals surface area (Å²) in [6.07, 6.45) is 3.13. The van der Waals surface area contributed by atoms with Crippen LogP contribution in [-0.4, -0.2) is 6.29 Å². The summed E-state index contributed by atoms with van der Waals surface area (Å²) < 4.78 is 0. The van der Waals surface area contributed by atoms with Crippen LogP contribution in [0.15, 0.2) is 36.4 Å². The Morgan fingerprint density at radius 1 is 1.19 bits per heavy atom. The monoisotopic (exact) mass is 210 g/mol. The van der Waals surface area contributed by atoms with Crippen molar-refractivity contribution >= 4 is 17.1 Å². The van der Waals surface area contributed by atoms with Crippen molar-refractivity contribution in [2.45, 2.75) is 25.2 Å². The third-order valence-electron chi connectivity index (χ3n) is 3.69. The highest BCUT2D eigenvalue weighted by Crippen LogP contribution is 2.46. The van der Waals surface area contributed by atoms with Gasteiger partial charge in [0.25, 0.3) is 0 Å². The molecule has 0 aromatic heterocycles. The van der Waals surface area contributed by atoms with Crippen molar-refractivity contribution in [3.8, 4) is 0 Å². The molecule has 0 radical (unpaired) electrons. The number of benzene rings is 2. The van der Waals surface area contributed by atoms with Gasteiger partial charge in [-0.1, -0.05) is 30.3 Å². The van der Waals surface area contributed by atoms with Crippen molar-refractivity contribution in [2.24, 2.45) is 0 Å². The summed E-state index contributed by atoms with van der Waals surface area (Å²) in [5, 5.41) is 2.53. The van der Waals surface area contributed by atoms with Crippen molar-refractivity contribution in [3.63, 3.8) is 0 Å². The van der Waals surface area contributed by atoms with Gasteiger partial charge in [0.2, 0.25) is 0 Å². The lowest BCUT2D eigenvalue weighted by molar-refractivity contribution is -0.109. The van der Waals surface area contributed by atoms with Crippen molar-refractivity contribution in [2.75, 3.05) is 0 Å². The van der Waals surface area contributed by atoms with Crippen LogP contribution in [0.1, 0.15) is 24.0 Å². The molecule has 0 saturated heterocycles. The van der Waals surface area contributed by atoms with Crippen LogP contribution in [0.2, 0.25) is 0 Å². The molecule has 0 bridgehead atoms. The van der Waals surface area contributed by atoms with E-state index in [1.54, 1.807) is 0 Å². The number of rotatable bonds is 2. The van der Waals surface area contributed by atoms with Gasteiger partial charge in [-0.25, -0.2) is 0 Å². The SMILES string of the molecule is Cc1cccc2ccc(C3(C=O)CC3)cc12. The van der Waals surface area contributed by atoms with E-state index in [1.165, 1.54) is 21.9 Å². The van der Waals surface area contributed by atoms with Crippen LogP contribution >= 0.6 is 0 Å². The molecule has 1 nitrogen and oxygen atoms in total. The van der Waals surface area contributed by atoms with E-state index in [0.29, 0.717) is 0 Å². The van der Waals surface area contributed by atoms with Crippen LogP contribution < -0.4 is 0 Å². The molecule has 1 heteroatoms. The molecule has 0 heterocycles. The van der Waals surface area contributed by atoms with Crippen LogP contribution in [-0.2, 0) is 10.2 Å². The molecule has 1 saturated carbocycles. The Morgan fingerprint density at radius 2 is 2.00 bits per heavy atom. The van der Waals surface area contributed by atoms with Crippen LogP contribution in [0, 0.1) is 6.92 Å². The molecule has 0 N–H and O–H groups in total. The molecule has 80 valence electrons. The molecule has 3 rings (SSSR count). The number of carbonyl (C=O) groups is 1. The van der Waals surface area contributed by atoms with Gasteiger partial charge in [-0.05, 0) is 47.7 Å². The summed E-state index contributed by atoms with van der Waals surface area (Å²) in [5.41, 5.74) is 2.31. The van der Waals surface area contributed by atoms with E-state index in [0.717, 1.165) is 19.1 Å². The number of hydrogen-bond acceptors (Lipinski definition) is 1. The first-order valence-corrected chi connectivity index (χ1v) is 5.71. The fourth-order valence-electron chi connectivity index (χ4n) is 2.35. The number of carbonyl (C=O) groups excluding carboxylic acids is 1. The van der Waals surface area contributed by atoms with E-state index in [-0.39, 0.29) is 5.41 Å². The van der Waals surface area contributed by atoms with Crippen molar-refractivity contribution in [1.29, 1.82) is 0 Å². The number of fused-ring (bicyclic) bond motifs is 1. The molecule has 2 aromatic carbocycles. The van der Waals surface area contributed by atoms with E-state index in [2.05, 4.69) is 43.3 Å². The van der Waals surface area contributed by atoms with Gasteiger partial charge >= 0.3 is 0 Å². The average molecular weight is 210 g/mol. The molecule has 0 atom stereocenters. The summed E-state index contributed by atoms with van der Waals surface area (Å²) in [4.78, 5) is 11.1. The molecule has 16 heavy (non-hydrogen) atoms. The van der Waals surface area contributed by atoms with Crippen molar-refractivity contribution < 1.29 is 4.79 Å². The summed E-state index contributed by atoms with van der Waals surface area (Å²) >= 11 is 0. The Labute approximate surface area is 95.1 Å². The Bertz CT molecular complexity index is 565. The van der Waals surface area contributed by atoms with Crippen LogP contribution in [0.5, 0.6) is 0 Å². The third-order valence-corrected chi connectivity index (χ3v) is 3.69. The van der Waals surface area contributed by atoms with Crippen LogP contribution in [0.25, 0.3) is 10.8 Å². The zero-order valence-corrected chi connectivity index (χ0v) is 9.36. The number of hydrogen-bond donors (Lipinski definition) is 0. The normalized spacial score (nSPS) is 17.3. The Morgan fingerprint density at radius 3 is 2.69 bits per heavy atom. The van der Waals surface area contributed by atoms with Gasteiger partial charge in [-0.15, -0.1) is 0 Å². The van der Waals surface area contributed by atoms with Gasteiger partial charge in [0.1, 0.15) is 6.29 Å². The molecule has 1 aliphatic rings. The minimum Gasteiger partial charge on any atom is -0.302 e. The first-order valence-electron chi connectivity index (χ1n) is 5.71. The first kappa shape index (κ1) is 9.59. The second kappa shape index (κ2) is 3.18. The smallest absolute Gasteiger partial charge is 0.130 e. The molecule has 1 aliphatic carbocycles. The predicted octanol–water partition coefficient (Wildman–Crippen LogP) is 3.38. The molecule has 0 amide bonds. The second-order valence-corrected chi connectivity index (χ2v) is 4.78. The quantitative estimate of drug-likeness (QED) is 0.694. The highest BCUT2D eigenvalue weighted by atomic mass is 16.1. The Kier molecular flexibility index (Phi) is 1.90. The minimum atomic E-state index is -0.156. The summed E-state index contributed by atoms with van der Waals surface area (Å²) in [6, 6.07) is 12.7. The first-order chi connectivity index (χ1) is 7.75. The van der Waals surface area contributed by atoms with Gasteiger partial charge < -0.3 is 4.79 Å². The zero-order chi connectivity index (χ0) is 11.2. The lowest BCUT2D eigenvalue weighted by atomic mass is 9.93. The minimum absolute atomic E-state index is 0.156. The average Bonchev–Trinajstić information content (AvgIpc) is 3.10. The predicted molar refractivity (Wildman–Crippen MR) is 65.7 cm³/mol. The summed E-state index contributed by atoms with van der Waals surface area (Å²) in [7, 11) is 0. The maximum Gasteiger partial charge on any atom is 0.130 e. The fraction of sp³-hybridized carbons (Fsp3) is 0.267. The van der Waals surface area contributed by atoms with E-state index in [9.17, 15) is 4.79 Å². The molecule has 0 spiro atoms. The lowest BCUT2D eigenvalue weighted by Gasteiger charge is -2.10. The molecule has 1 fully saturated rings. The van der Waals surface area contributed by atoms with Gasteiger partial charge in [-0.2, -0.15) is 0 Å². The number of aldehydes is 1. The molecule has 0 aliphatic heterocycles. The summed E-state index contributed by atoms with van der Waals surface area (Å²) in [6.45, 7) is 2.12. The molecule has 0 unspecified atom stereocenters. The van der Waals surface area contributed by atoms with Gasteiger partial charge in [0.15, 0.2) is 0 Å². The zero-order valence-electron chi connectivity index (χ0n) is 9.36. The van der Waals surface area contributed by atoms with Crippen LogP contribution in [0.4, 0.5) is 0 Å². The van der Waals surface area contributed by atoms with Gasteiger partial charge in [-0.3, -0.25) is 0 Å². The lowest BCUT2D eigenvalue weighted by Crippen LogP contribution is -2.07. The maximum absolute atomic E-state index is 11.1. The Balaban J connectivity index is 2.23. The van der Waals surface area contributed by atoms with Crippen molar-refractivity contribution in [1.82, 2.24) is 0 Å². The highest BCUT2D eigenvalue weighted by Gasteiger charge is 2.44. The largest absolute Gasteiger partial charge is 0.302 e. The molecular weight excluding hydrogens is 196 g/mol. The fourth-order valence-corrected chi connectivity index (χ4v) is 2.35. The highest BCUT2D eigenvalue weighted by molar-refractivity contribution is 5.88. The van der Waals surface area contributed by atoms with E-state index < -0.39 is 0 Å². The van der Waals surface area contributed by atoms with Crippen molar-refractivity contribution in [3.05, 3.63) is 47.5 Å². The van der Waals surface area contributed by atoms with Crippen LogP contribution in [0.3, 0.4) is 0 Å². The van der Waals surface area contributed by atoms with Gasteiger partial charge in [0, 0.05) is 0 Å². The standard InChI is InChI=1S/C15H14O/c1-11-3-2-4-12-5-6-13(9-14(11)12)15(10-16)7-8-15/h2-6,9-10H,7-8H2,1H3.